The second-order valence-corrected chi connectivity index (χ2v) is 4.92. The van der Waals surface area contributed by atoms with Gasteiger partial charge in [0.05, 0.1) is 5.75 Å². The molecule has 19 heavy (non-hydrogen) atoms. The Morgan fingerprint density at radius 2 is 1.95 bits per heavy atom. The summed E-state index contributed by atoms with van der Waals surface area (Å²) in [4.78, 5) is 22.6. The summed E-state index contributed by atoms with van der Waals surface area (Å²) in [5.41, 5.74) is 1.36. The number of carbonyl (C=O) groups is 2. The van der Waals surface area contributed by atoms with Crippen LogP contribution in [0.4, 0.5) is 11.4 Å². The lowest BCUT2D eigenvalue weighted by atomic mass is 10.2. The molecule has 4 nitrogen and oxygen atoms in total. The zero-order valence-electron chi connectivity index (χ0n) is 11.1. The van der Waals surface area contributed by atoms with E-state index >= 15 is 0 Å². The van der Waals surface area contributed by atoms with Crippen LogP contribution in [0.2, 0.25) is 0 Å². The highest BCUT2D eigenvalue weighted by Gasteiger charge is 2.03. The van der Waals surface area contributed by atoms with Crippen LogP contribution in [0.15, 0.2) is 36.4 Å². The lowest BCUT2D eigenvalue weighted by Gasteiger charge is -2.07. The zero-order chi connectivity index (χ0) is 14.1. The molecule has 1 aromatic rings. The Bertz CT molecular complexity index is 472. The Morgan fingerprint density at radius 3 is 2.58 bits per heavy atom. The van der Waals surface area contributed by atoms with Crippen LogP contribution in [-0.4, -0.2) is 23.3 Å². The van der Waals surface area contributed by atoms with Gasteiger partial charge in [-0.05, 0) is 25.1 Å². The normalized spacial score (nSPS) is 10.4. The van der Waals surface area contributed by atoms with Crippen LogP contribution >= 0.6 is 11.8 Å². The van der Waals surface area contributed by atoms with E-state index in [-0.39, 0.29) is 11.8 Å². The Kier molecular flexibility index (Phi) is 6.74. The Hall–Kier alpha value is -1.75. The van der Waals surface area contributed by atoms with Crippen molar-refractivity contribution in [2.45, 2.75) is 13.8 Å². The molecule has 5 heteroatoms. The monoisotopic (exact) mass is 278 g/mol. The van der Waals surface area contributed by atoms with Gasteiger partial charge in [-0.15, -0.1) is 11.8 Å². The fourth-order valence-corrected chi connectivity index (χ4v) is 2.09. The van der Waals surface area contributed by atoms with E-state index in [4.69, 9.17) is 0 Å². The molecule has 0 aromatic heterocycles. The topological polar surface area (TPSA) is 58.2 Å². The van der Waals surface area contributed by atoms with Crippen molar-refractivity contribution < 1.29 is 9.59 Å². The van der Waals surface area contributed by atoms with Crippen LogP contribution < -0.4 is 10.6 Å². The summed E-state index contributed by atoms with van der Waals surface area (Å²) in [5, 5.41) is 5.47. The first kappa shape index (κ1) is 15.3. The van der Waals surface area contributed by atoms with Crippen molar-refractivity contribution in [1.29, 1.82) is 0 Å². The van der Waals surface area contributed by atoms with Crippen molar-refractivity contribution in [2.75, 3.05) is 22.1 Å². The molecule has 0 atom stereocenters. The minimum absolute atomic E-state index is 0.0468. The molecule has 102 valence electrons. The molecule has 0 spiro atoms. The van der Waals surface area contributed by atoms with Crippen molar-refractivity contribution >= 4 is 35.0 Å². The number of hydrogen-bond donors (Lipinski definition) is 2. The molecule has 0 aliphatic heterocycles. The number of thioether (sulfide) groups is 1. The summed E-state index contributed by atoms with van der Waals surface area (Å²) < 4.78 is 0. The number of carbonyl (C=O) groups excluding carboxylic acids is 2. The van der Waals surface area contributed by atoms with Crippen LogP contribution in [0.1, 0.15) is 13.8 Å². The summed E-state index contributed by atoms with van der Waals surface area (Å²) >= 11 is 1.55. The van der Waals surface area contributed by atoms with Gasteiger partial charge in [0.2, 0.25) is 11.8 Å². The van der Waals surface area contributed by atoms with Gasteiger partial charge in [-0.3, -0.25) is 9.59 Å². The number of rotatable bonds is 6. The predicted octanol–water partition coefficient (Wildman–Crippen LogP) is 2.89. The van der Waals surface area contributed by atoms with Gasteiger partial charge >= 0.3 is 0 Å². The minimum atomic E-state index is -0.134. The van der Waals surface area contributed by atoms with Crippen molar-refractivity contribution in [3.8, 4) is 0 Å². The maximum atomic E-state index is 11.7. The van der Waals surface area contributed by atoms with E-state index in [0.29, 0.717) is 17.1 Å². The molecule has 0 fully saturated rings. The average Bonchev–Trinajstić information content (AvgIpc) is 2.34. The minimum Gasteiger partial charge on any atom is -0.326 e. The predicted molar refractivity (Wildman–Crippen MR) is 81.5 cm³/mol. The molecule has 1 rings (SSSR count). The molecule has 2 N–H and O–H groups in total. The van der Waals surface area contributed by atoms with E-state index in [1.165, 1.54) is 6.92 Å². The van der Waals surface area contributed by atoms with Gasteiger partial charge in [0.25, 0.3) is 0 Å². The van der Waals surface area contributed by atoms with Gasteiger partial charge in [-0.1, -0.05) is 18.2 Å². The average molecular weight is 278 g/mol. The number of amides is 2. The first-order valence-electron chi connectivity index (χ1n) is 5.98. The summed E-state index contributed by atoms with van der Waals surface area (Å²) in [6, 6.07) is 7.08. The molecule has 0 unspecified atom stereocenters. The molecular formula is C14H18N2O2S. The van der Waals surface area contributed by atoms with E-state index in [1.807, 2.05) is 19.1 Å². The van der Waals surface area contributed by atoms with E-state index < -0.39 is 0 Å². The van der Waals surface area contributed by atoms with Crippen LogP contribution in [-0.2, 0) is 9.59 Å². The second kappa shape index (κ2) is 8.37. The molecule has 0 radical (unpaired) electrons. The summed E-state index contributed by atoms with van der Waals surface area (Å²) in [6.45, 7) is 3.40. The SMILES string of the molecule is CC=CCSCC(=O)Nc1cccc(NC(C)=O)c1. The van der Waals surface area contributed by atoms with Gasteiger partial charge in [0, 0.05) is 24.1 Å². The summed E-state index contributed by atoms with van der Waals surface area (Å²) in [6.07, 6.45) is 3.97. The smallest absolute Gasteiger partial charge is 0.234 e. The van der Waals surface area contributed by atoms with Crippen LogP contribution in [0, 0.1) is 0 Å². The Labute approximate surface area is 117 Å². The molecular weight excluding hydrogens is 260 g/mol. The van der Waals surface area contributed by atoms with Gasteiger partial charge < -0.3 is 10.6 Å². The van der Waals surface area contributed by atoms with Gasteiger partial charge in [-0.25, -0.2) is 0 Å². The number of nitrogens with one attached hydrogen (secondary N) is 2. The molecule has 0 aliphatic rings. The van der Waals surface area contributed by atoms with Crippen molar-refractivity contribution in [2.24, 2.45) is 0 Å². The molecule has 2 amide bonds. The summed E-state index contributed by atoms with van der Waals surface area (Å²) in [5.74, 6) is 1.06. The standard InChI is InChI=1S/C14H18N2O2S/c1-3-4-8-19-10-14(18)16-13-7-5-6-12(9-13)15-11(2)17/h3-7,9H,8,10H2,1-2H3,(H,15,17)(H,16,18). The quantitative estimate of drug-likeness (QED) is 0.621. The highest BCUT2D eigenvalue weighted by molar-refractivity contribution is 8.00. The van der Waals surface area contributed by atoms with Gasteiger partial charge in [0.15, 0.2) is 0 Å². The Balaban J connectivity index is 2.47. The lowest BCUT2D eigenvalue weighted by Crippen LogP contribution is -2.14. The second-order valence-electron chi connectivity index (χ2n) is 3.89. The van der Waals surface area contributed by atoms with E-state index in [2.05, 4.69) is 10.6 Å². The van der Waals surface area contributed by atoms with Gasteiger partial charge in [-0.2, -0.15) is 0 Å². The first-order chi connectivity index (χ1) is 9.11. The van der Waals surface area contributed by atoms with Gasteiger partial charge in [0.1, 0.15) is 0 Å². The Morgan fingerprint density at radius 1 is 1.26 bits per heavy atom. The maximum absolute atomic E-state index is 11.7. The third-order valence-corrected chi connectivity index (χ3v) is 3.04. The molecule has 0 saturated heterocycles. The lowest BCUT2D eigenvalue weighted by molar-refractivity contribution is -0.114. The number of benzene rings is 1. The number of hydrogen-bond acceptors (Lipinski definition) is 3. The fraction of sp³-hybridized carbons (Fsp3) is 0.286. The molecule has 0 saturated carbocycles. The van der Waals surface area contributed by atoms with Crippen LogP contribution in [0.25, 0.3) is 0 Å². The van der Waals surface area contributed by atoms with E-state index in [0.717, 1.165) is 5.75 Å². The van der Waals surface area contributed by atoms with E-state index in [1.54, 1.807) is 36.0 Å². The van der Waals surface area contributed by atoms with Crippen molar-refractivity contribution in [3.63, 3.8) is 0 Å². The highest BCUT2D eigenvalue weighted by Crippen LogP contribution is 2.15. The van der Waals surface area contributed by atoms with Crippen molar-refractivity contribution in [1.82, 2.24) is 0 Å². The van der Waals surface area contributed by atoms with Crippen LogP contribution in [0.3, 0.4) is 0 Å². The molecule has 1 aromatic carbocycles. The largest absolute Gasteiger partial charge is 0.326 e. The van der Waals surface area contributed by atoms with E-state index in [9.17, 15) is 9.59 Å². The summed E-state index contributed by atoms with van der Waals surface area (Å²) in [7, 11) is 0. The maximum Gasteiger partial charge on any atom is 0.234 e. The first-order valence-corrected chi connectivity index (χ1v) is 7.13. The fourth-order valence-electron chi connectivity index (χ4n) is 1.39. The zero-order valence-corrected chi connectivity index (χ0v) is 11.9. The highest BCUT2D eigenvalue weighted by atomic mass is 32.2. The van der Waals surface area contributed by atoms with Crippen molar-refractivity contribution in [3.05, 3.63) is 36.4 Å². The number of anilines is 2. The third kappa shape index (κ3) is 6.67. The third-order valence-electron chi connectivity index (χ3n) is 2.15. The molecule has 0 bridgehead atoms. The van der Waals surface area contributed by atoms with Crippen LogP contribution in [0.5, 0.6) is 0 Å². The molecule has 0 heterocycles. The molecule has 0 aliphatic carbocycles. The number of allylic oxidation sites excluding steroid dienone is 1.